The van der Waals surface area contributed by atoms with E-state index in [1.807, 2.05) is 18.2 Å². The first-order chi connectivity index (χ1) is 7.75. The molecule has 2 rings (SSSR count). The second-order valence-electron chi connectivity index (χ2n) is 3.96. The van der Waals surface area contributed by atoms with Crippen LogP contribution in [0.3, 0.4) is 0 Å². The summed E-state index contributed by atoms with van der Waals surface area (Å²) < 4.78 is 0. The Morgan fingerprint density at radius 1 is 1.06 bits per heavy atom. The van der Waals surface area contributed by atoms with E-state index in [2.05, 4.69) is 6.92 Å². The van der Waals surface area contributed by atoms with E-state index in [-0.39, 0.29) is 11.6 Å². The van der Waals surface area contributed by atoms with Gasteiger partial charge in [0.25, 0.3) is 0 Å². The zero-order valence-corrected chi connectivity index (χ0v) is 9.32. The summed E-state index contributed by atoms with van der Waals surface area (Å²) in [4.78, 5) is 23.4. The van der Waals surface area contributed by atoms with Crippen molar-refractivity contribution in [1.29, 1.82) is 0 Å². The Morgan fingerprint density at radius 2 is 1.75 bits per heavy atom. The molecule has 1 aromatic rings. The van der Waals surface area contributed by atoms with Crippen molar-refractivity contribution in [2.45, 2.75) is 26.2 Å². The molecule has 2 nitrogen and oxygen atoms in total. The Bertz CT molecular complexity index is 469. The van der Waals surface area contributed by atoms with E-state index in [9.17, 15) is 9.59 Å². The first-order valence-electron chi connectivity index (χ1n) is 5.64. The molecule has 1 aliphatic rings. The standard InChI is InChI=1S/C14H14O2/c1-2-3-4-8-11-10-7-5-6-9-12(10)14(16)13(11)15/h5-9H,2-4H2,1H3/b11-8+. The summed E-state index contributed by atoms with van der Waals surface area (Å²) in [5, 5.41) is 0. The molecule has 0 saturated carbocycles. The molecule has 0 heterocycles. The van der Waals surface area contributed by atoms with E-state index in [0.717, 1.165) is 24.8 Å². The van der Waals surface area contributed by atoms with E-state index in [1.165, 1.54) is 0 Å². The van der Waals surface area contributed by atoms with Crippen LogP contribution in [0, 0.1) is 0 Å². The van der Waals surface area contributed by atoms with Crippen LogP contribution in [0.25, 0.3) is 5.57 Å². The predicted molar refractivity (Wildman–Crippen MR) is 63.3 cm³/mol. The van der Waals surface area contributed by atoms with Gasteiger partial charge >= 0.3 is 0 Å². The molecule has 1 aliphatic carbocycles. The van der Waals surface area contributed by atoms with Gasteiger partial charge in [0.2, 0.25) is 11.6 Å². The Kier molecular flexibility index (Phi) is 3.00. The van der Waals surface area contributed by atoms with E-state index in [1.54, 1.807) is 12.1 Å². The van der Waals surface area contributed by atoms with Crippen molar-refractivity contribution in [2.75, 3.05) is 0 Å². The minimum absolute atomic E-state index is 0.350. The fourth-order valence-corrected chi connectivity index (χ4v) is 1.94. The zero-order valence-electron chi connectivity index (χ0n) is 9.32. The molecule has 16 heavy (non-hydrogen) atoms. The third-order valence-corrected chi connectivity index (χ3v) is 2.82. The lowest BCUT2D eigenvalue weighted by atomic mass is 10.1. The number of allylic oxidation sites excluding steroid dienone is 2. The Balaban J connectivity index is 2.37. The van der Waals surface area contributed by atoms with Crippen LogP contribution in [-0.4, -0.2) is 11.6 Å². The number of hydrogen-bond donors (Lipinski definition) is 0. The monoisotopic (exact) mass is 214 g/mol. The second-order valence-corrected chi connectivity index (χ2v) is 3.96. The first-order valence-corrected chi connectivity index (χ1v) is 5.64. The number of hydrogen-bond acceptors (Lipinski definition) is 2. The first kappa shape index (κ1) is 10.8. The van der Waals surface area contributed by atoms with Gasteiger partial charge in [-0.2, -0.15) is 0 Å². The molecule has 0 unspecified atom stereocenters. The molecule has 0 atom stereocenters. The molecule has 0 amide bonds. The molecule has 0 aliphatic heterocycles. The number of ketones is 2. The van der Waals surface area contributed by atoms with E-state index in [0.29, 0.717) is 11.1 Å². The fourth-order valence-electron chi connectivity index (χ4n) is 1.94. The lowest BCUT2D eigenvalue weighted by Crippen LogP contribution is -2.05. The molecule has 0 radical (unpaired) electrons. The molecular weight excluding hydrogens is 200 g/mol. The summed E-state index contributed by atoms with van der Waals surface area (Å²) in [6.07, 6.45) is 4.90. The van der Waals surface area contributed by atoms with Gasteiger partial charge < -0.3 is 0 Å². The maximum atomic E-state index is 11.7. The molecular formula is C14H14O2. The molecule has 0 fully saturated rings. The topological polar surface area (TPSA) is 34.1 Å². The van der Waals surface area contributed by atoms with Gasteiger partial charge in [-0.05, 0) is 12.0 Å². The van der Waals surface area contributed by atoms with E-state index >= 15 is 0 Å². The van der Waals surface area contributed by atoms with Crippen LogP contribution >= 0.6 is 0 Å². The van der Waals surface area contributed by atoms with Crippen molar-refractivity contribution >= 4 is 17.1 Å². The lowest BCUT2D eigenvalue weighted by Gasteiger charge is -1.97. The quantitative estimate of drug-likeness (QED) is 0.440. The Hall–Kier alpha value is -1.70. The van der Waals surface area contributed by atoms with Gasteiger partial charge in [0.05, 0.1) is 0 Å². The number of carbonyl (C=O) groups excluding carboxylic acids is 2. The molecule has 0 spiro atoms. The molecule has 2 heteroatoms. The highest BCUT2D eigenvalue weighted by molar-refractivity contribution is 6.63. The average Bonchev–Trinajstić information content (AvgIpc) is 2.55. The van der Waals surface area contributed by atoms with Crippen LogP contribution in [0.1, 0.15) is 42.1 Å². The maximum absolute atomic E-state index is 11.7. The van der Waals surface area contributed by atoms with Gasteiger partial charge in [-0.15, -0.1) is 0 Å². The molecule has 82 valence electrons. The number of benzene rings is 1. The van der Waals surface area contributed by atoms with Crippen molar-refractivity contribution in [2.24, 2.45) is 0 Å². The Labute approximate surface area is 95.0 Å². The molecule has 0 N–H and O–H groups in total. The summed E-state index contributed by atoms with van der Waals surface area (Å²) in [7, 11) is 0. The van der Waals surface area contributed by atoms with Crippen LogP contribution < -0.4 is 0 Å². The molecule has 0 bridgehead atoms. The minimum Gasteiger partial charge on any atom is -0.285 e. The van der Waals surface area contributed by atoms with E-state index in [4.69, 9.17) is 0 Å². The summed E-state index contributed by atoms with van der Waals surface area (Å²) in [5.41, 5.74) is 1.94. The highest BCUT2D eigenvalue weighted by Gasteiger charge is 2.32. The summed E-state index contributed by atoms with van der Waals surface area (Å²) in [6.45, 7) is 2.11. The summed E-state index contributed by atoms with van der Waals surface area (Å²) in [6, 6.07) is 7.21. The SMILES string of the molecule is CCCC/C=C1/C(=O)C(=O)c2ccccc21. The van der Waals surface area contributed by atoms with Crippen molar-refractivity contribution < 1.29 is 9.59 Å². The maximum Gasteiger partial charge on any atom is 0.234 e. The van der Waals surface area contributed by atoms with Crippen LogP contribution in [0.5, 0.6) is 0 Å². The predicted octanol–water partition coefficient (Wildman–Crippen LogP) is 3.03. The molecule has 1 aromatic carbocycles. The number of fused-ring (bicyclic) bond motifs is 1. The van der Waals surface area contributed by atoms with Gasteiger partial charge in [-0.3, -0.25) is 9.59 Å². The molecule has 0 saturated heterocycles. The van der Waals surface area contributed by atoms with E-state index < -0.39 is 0 Å². The van der Waals surface area contributed by atoms with Crippen LogP contribution in [0.4, 0.5) is 0 Å². The van der Waals surface area contributed by atoms with Gasteiger partial charge in [0, 0.05) is 11.1 Å². The fraction of sp³-hybridized carbons (Fsp3) is 0.286. The zero-order chi connectivity index (χ0) is 11.5. The number of rotatable bonds is 3. The summed E-state index contributed by atoms with van der Waals surface area (Å²) in [5.74, 6) is -0.712. The van der Waals surface area contributed by atoms with Gasteiger partial charge in [0.1, 0.15) is 0 Å². The van der Waals surface area contributed by atoms with Crippen LogP contribution in [0.15, 0.2) is 30.3 Å². The summed E-state index contributed by atoms with van der Waals surface area (Å²) >= 11 is 0. The number of unbranched alkanes of at least 4 members (excludes halogenated alkanes) is 2. The minimum atomic E-state index is -0.363. The van der Waals surface area contributed by atoms with Crippen molar-refractivity contribution in [3.63, 3.8) is 0 Å². The van der Waals surface area contributed by atoms with Crippen LogP contribution in [0.2, 0.25) is 0 Å². The highest BCUT2D eigenvalue weighted by atomic mass is 16.2. The number of Topliss-reactive ketones (excluding diaryl/α,β-unsaturated/α-hetero) is 2. The largest absolute Gasteiger partial charge is 0.285 e. The highest BCUT2D eigenvalue weighted by Crippen LogP contribution is 2.29. The van der Waals surface area contributed by atoms with Crippen molar-refractivity contribution in [3.8, 4) is 0 Å². The van der Waals surface area contributed by atoms with Crippen molar-refractivity contribution in [1.82, 2.24) is 0 Å². The van der Waals surface area contributed by atoms with Crippen LogP contribution in [-0.2, 0) is 4.79 Å². The smallest absolute Gasteiger partial charge is 0.234 e. The average molecular weight is 214 g/mol. The van der Waals surface area contributed by atoms with Crippen molar-refractivity contribution in [3.05, 3.63) is 41.5 Å². The normalized spacial score (nSPS) is 16.9. The lowest BCUT2D eigenvalue weighted by molar-refractivity contribution is -0.109. The van der Waals surface area contributed by atoms with Gasteiger partial charge in [0.15, 0.2) is 0 Å². The Morgan fingerprint density at radius 3 is 2.44 bits per heavy atom. The van der Waals surface area contributed by atoms with Gasteiger partial charge in [-0.1, -0.05) is 50.1 Å². The second kappa shape index (κ2) is 4.44. The molecule has 0 aromatic heterocycles. The third-order valence-electron chi connectivity index (χ3n) is 2.82. The number of carbonyl (C=O) groups is 2. The van der Waals surface area contributed by atoms with Gasteiger partial charge in [-0.25, -0.2) is 0 Å². The third kappa shape index (κ3) is 1.71.